The normalized spacial score (nSPS) is 10.7. The van der Waals surface area contributed by atoms with Crippen molar-refractivity contribution in [2.75, 3.05) is 5.32 Å². The predicted molar refractivity (Wildman–Crippen MR) is 86.5 cm³/mol. The number of hydrogen-bond donors (Lipinski definition) is 2. The zero-order chi connectivity index (χ0) is 17.1. The van der Waals surface area contributed by atoms with Crippen LogP contribution >= 0.6 is 0 Å². The number of nitrogens with zero attached hydrogens (tertiary/aromatic N) is 4. The maximum absolute atomic E-state index is 11.1. The van der Waals surface area contributed by atoms with E-state index in [9.17, 15) is 9.59 Å². The zero-order valence-corrected chi connectivity index (χ0v) is 12.9. The highest BCUT2D eigenvalue weighted by atomic mass is 16.4. The van der Waals surface area contributed by atoms with Crippen LogP contribution in [-0.4, -0.2) is 36.6 Å². The first kappa shape index (κ1) is 15.6. The van der Waals surface area contributed by atoms with Crippen molar-refractivity contribution >= 4 is 23.3 Å². The Bertz CT molecular complexity index is 902. The van der Waals surface area contributed by atoms with Gasteiger partial charge in [-0.15, -0.1) is 5.10 Å². The molecule has 3 rings (SSSR count). The van der Waals surface area contributed by atoms with Gasteiger partial charge in [0.1, 0.15) is 0 Å². The Morgan fingerprint density at radius 1 is 1.21 bits per heavy atom. The summed E-state index contributed by atoms with van der Waals surface area (Å²) in [6.07, 6.45) is 1.85. The summed E-state index contributed by atoms with van der Waals surface area (Å²) < 4.78 is 1.59. The highest BCUT2D eigenvalue weighted by molar-refractivity contribution is 5.88. The molecule has 122 valence electrons. The third kappa shape index (κ3) is 3.37. The third-order valence-electron chi connectivity index (χ3n) is 3.35. The number of carboxylic acids is 1. The molecule has 0 aliphatic heterocycles. The van der Waals surface area contributed by atoms with Crippen LogP contribution in [0.3, 0.4) is 0 Å². The van der Waals surface area contributed by atoms with Crippen LogP contribution in [0.4, 0.5) is 5.69 Å². The van der Waals surface area contributed by atoms with E-state index in [1.165, 1.54) is 6.92 Å². The number of aromatic nitrogens is 4. The van der Waals surface area contributed by atoms with Crippen molar-refractivity contribution < 1.29 is 14.7 Å². The highest BCUT2D eigenvalue weighted by Gasteiger charge is 2.11. The van der Waals surface area contributed by atoms with Gasteiger partial charge >= 0.3 is 5.97 Å². The Morgan fingerprint density at radius 2 is 1.96 bits per heavy atom. The first-order valence-corrected chi connectivity index (χ1v) is 7.33. The smallest absolute Gasteiger partial charge is 0.303 e. The number of rotatable bonds is 5. The van der Waals surface area contributed by atoms with Gasteiger partial charge in [0.2, 0.25) is 5.91 Å². The van der Waals surface area contributed by atoms with E-state index in [0.717, 1.165) is 11.3 Å². The van der Waals surface area contributed by atoms with E-state index in [1.807, 2.05) is 12.1 Å². The van der Waals surface area contributed by atoms with Crippen molar-refractivity contribution in [2.24, 2.45) is 0 Å². The van der Waals surface area contributed by atoms with Crippen molar-refractivity contribution in [3.63, 3.8) is 0 Å². The summed E-state index contributed by atoms with van der Waals surface area (Å²) in [5, 5.41) is 15.8. The molecule has 2 aromatic heterocycles. The number of aryl methyl sites for hydroxylation is 1. The second-order valence-electron chi connectivity index (χ2n) is 5.22. The average Bonchev–Trinajstić information content (AvgIpc) is 2.96. The van der Waals surface area contributed by atoms with Gasteiger partial charge < -0.3 is 10.4 Å². The van der Waals surface area contributed by atoms with Crippen LogP contribution in [0, 0.1) is 0 Å². The van der Waals surface area contributed by atoms with E-state index in [2.05, 4.69) is 20.4 Å². The quantitative estimate of drug-likeness (QED) is 0.740. The van der Waals surface area contributed by atoms with E-state index in [1.54, 1.807) is 28.9 Å². The molecular weight excluding hydrogens is 310 g/mol. The van der Waals surface area contributed by atoms with Gasteiger partial charge in [-0.25, -0.2) is 4.98 Å². The summed E-state index contributed by atoms with van der Waals surface area (Å²) in [4.78, 5) is 30.2. The molecule has 3 aromatic rings. The fourth-order valence-corrected chi connectivity index (χ4v) is 2.31. The van der Waals surface area contributed by atoms with E-state index in [4.69, 9.17) is 5.11 Å². The van der Waals surface area contributed by atoms with Crippen LogP contribution in [0.15, 0.2) is 36.5 Å². The Kier molecular flexibility index (Phi) is 4.19. The van der Waals surface area contributed by atoms with Gasteiger partial charge in [0.25, 0.3) is 5.78 Å². The summed E-state index contributed by atoms with van der Waals surface area (Å²) in [6.45, 7) is 1.45. The molecule has 0 bridgehead atoms. The first-order chi connectivity index (χ1) is 11.5. The SMILES string of the molecule is CC(=O)Nc1ccc(-c2ccnc3nc(CCC(=O)O)nn23)cc1. The van der Waals surface area contributed by atoms with Crippen molar-refractivity contribution in [3.8, 4) is 11.3 Å². The Labute approximate surface area is 137 Å². The van der Waals surface area contributed by atoms with Crippen LogP contribution in [0.25, 0.3) is 17.0 Å². The topological polar surface area (TPSA) is 109 Å². The number of fused-ring (bicyclic) bond motifs is 1. The zero-order valence-electron chi connectivity index (χ0n) is 12.9. The molecule has 8 nitrogen and oxygen atoms in total. The van der Waals surface area contributed by atoms with E-state index >= 15 is 0 Å². The van der Waals surface area contributed by atoms with Crippen molar-refractivity contribution in [2.45, 2.75) is 19.8 Å². The molecule has 0 aliphatic carbocycles. The number of carboxylic acid groups (broad SMARTS) is 1. The number of anilines is 1. The molecule has 0 spiro atoms. The fraction of sp³-hybridized carbons (Fsp3) is 0.188. The molecule has 0 saturated heterocycles. The summed E-state index contributed by atoms with van der Waals surface area (Å²) in [6, 6.07) is 9.11. The molecular formula is C16H15N5O3. The Balaban J connectivity index is 1.93. The average molecular weight is 325 g/mol. The van der Waals surface area contributed by atoms with Gasteiger partial charge in [-0.3, -0.25) is 9.59 Å². The lowest BCUT2D eigenvalue weighted by Crippen LogP contribution is -2.05. The van der Waals surface area contributed by atoms with Gasteiger partial charge in [0.15, 0.2) is 5.82 Å². The first-order valence-electron chi connectivity index (χ1n) is 7.33. The van der Waals surface area contributed by atoms with E-state index < -0.39 is 5.97 Å². The van der Waals surface area contributed by atoms with E-state index in [0.29, 0.717) is 17.3 Å². The van der Waals surface area contributed by atoms with Gasteiger partial charge in [-0.1, -0.05) is 12.1 Å². The molecule has 0 saturated carbocycles. The molecule has 0 fully saturated rings. The molecule has 0 radical (unpaired) electrons. The molecule has 1 amide bonds. The molecule has 0 unspecified atom stereocenters. The summed E-state index contributed by atoms with van der Waals surface area (Å²) in [7, 11) is 0. The molecule has 0 atom stereocenters. The standard InChI is InChI=1S/C16H15N5O3/c1-10(22)18-12-4-2-11(3-5-12)13-8-9-17-16-19-14(20-21(13)16)6-7-15(23)24/h2-5,8-9H,6-7H2,1H3,(H,18,22)(H,23,24). The lowest BCUT2D eigenvalue weighted by atomic mass is 10.1. The second kappa shape index (κ2) is 6.45. The summed E-state index contributed by atoms with van der Waals surface area (Å²) in [5.41, 5.74) is 2.37. The summed E-state index contributed by atoms with van der Waals surface area (Å²) >= 11 is 0. The second-order valence-corrected chi connectivity index (χ2v) is 5.22. The largest absolute Gasteiger partial charge is 0.481 e. The van der Waals surface area contributed by atoms with Crippen LogP contribution in [0.5, 0.6) is 0 Å². The Morgan fingerprint density at radius 3 is 2.62 bits per heavy atom. The van der Waals surface area contributed by atoms with Crippen LogP contribution < -0.4 is 5.32 Å². The van der Waals surface area contributed by atoms with Crippen LogP contribution in [0.1, 0.15) is 19.2 Å². The van der Waals surface area contributed by atoms with Crippen LogP contribution in [0.2, 0.25) is 0 Å². The molecule has 1 aromatic carbocycles. The molecule has 0 aliphatic rings. The predicted octanol–water partition coefficient (Wildman–Crippen LogP) is 1.77. The maximum Gasteiger partial charge on any atom is 0.303 e. The van der Waals surface area contributed by atoms with Gasteiger partial charge in [0, 0.05) is 30.8 Å². The lowest BCUT2D eigenvalue weighted by Gasteiger charge is -2.06. The fourth-order valence-electron chi connectivity index (χ4n) is 2.31. The number of nitrogens with one attached hydrogen (secondary N) is 1. The molecule has 24 heavy (non-hydrogen) atoms. The van der Waals surface area contributed by atoms with Crippen LogP contribution in [-0.2, 0) is 16.0 Å². The van der Waals surface area contributed by atoms with Crippen molar-refractivity contribution in [1.82, 2.24) is 19.6 Å². The third-order valence-corrected chi connectivity index (χ3v) is 3.35. The number of amides is 1. The number of carbonyl (C=O) groups is 2. The monoisotopic (exact) mass is 325 g/mol. The number of hydrogen-bond acceptors (Lipinski definition) is 5. The lowest BCUT2D eigenvalue weighted by molar-refractivity contribution is -0.137. The highest BCUT2D eigenvalue weighted by Crippen LogP contribution is 2.21. The molecule has 2 N–H and O–H groups in total. The molecule has 8 heteroatoms. The maximum atomic E-state index is 11.1. The van der Waals surface area contributed by atoms with Gasteiger partial charge in [-0.05, 0) is 18.2 Å². The minimum Gasteiger partial charge on any atom is -0.481 e. The van der Waals surface area contributed by atoms with Gasteiger partial charge in [0.05, 0.1) is 12.1 Å². The molecule has 2 heterocycles. The number of carbonyl (C=O) groups excluding carboxylic acids is 1. The number of aliphatic carboxylic acids is 1. The Hall–Kier alpha value is -3.29. The number of benzene rings is 1. The summed E-state index contributed by atoms with van der Waals surface area (Å²) in [5.74, 6) is -0.171. The van der Waals surface area contributed by atoms with Crippen molar-refractivity contribution in [1.29, 1.82) is 0 Å². The minimum atomic E-state index is -0.893. The van der Waals surface area contributed by atoms with Crippen molar-refractivity contribution in [3.05, 3.63) is 42.4 Å². The van der Waals surface area contributed by atoms with Gasteiger partial charge in [-0.2, -0.15) is 9.50 Å². The minimum absolute atomic E-state index is 0.0301. The van der Waals surface area contributed by atoms with E-state index in [-0.39, 0.29) is 18.7 Å².